The van der Waals surface area contributed by atoms with Crippen LogP contribution >= 0.6 is 11.3 Å². The van der Waals surface area contributed by atoms with E-state index in [9.17, 15) is 9.18 Å². The standard InChI is InChI=1S/C15H11FN2O2S/c1-15(2)11-4-8(9-3-10(6-17)21-7-9)5-12(16)13(11)18-14(19)20-15/h3-5,7H,1-2H3,(H,18,19). The highest BCUT2D eigenvalue weighted by Crippen LogP contribution is 2.40. The van der Waals surface area contributed by atoms with Crippen LogP contribution in [0.1, 0.15) is 24.3 Å². The molecule has 1 amide bonds. The number of benzene rings is 1. The molecule has 1 N–H and O–H groups in total. The van der Waals surface area contributed by atoms with Crippen LogP contribution in [0.15, 0.2) is 23.6 Å². The summed E-state index contributed by atoms with van der Waals surface area (Å²) in [5.74, 6) is -0.517. The predicted octanol–water partition coefficient (Wildman–Crippen LogP) is 4.22. The number of thiophene rings is 1. The Morgan fingerprint density at radius 2 is 2.10 bits per heavy atom. The average Bonchev–Trinajstić information content (AvgIpc) is 2.87. The van der Waals surface area contributed by atoms with Crippen LogP contribution in [0.2, 0.25) is 0 Å². The van der Waals surface area contributed by atoms with Gasteiger partial charge in [-0.2, -0.15) is 5.26 Å². The number of rotatable bonds is 1. The van der Waals surface area contributed by atoms with Crippen molar-refractivity contribution in [3.05, 3.63) is 39.8 Å². The summed E-state index contributed by atoms with van der Waals surface area (Å²) in [7, 11) is 0. The number of hydrogen-bond acceptors (Lipinski definition) is 4. The third-order valence-corrected chi connectivity index (χ3v) is 4.19. The van der Waals surface area contributed by atoms with E-state index in [4.69, 9.17) is 10.00 Å². The summed E-state index contributed by atoms with van der Waals surface area (Å²) in [6.07, 6.45) is -0.665. The molecule has 0 fully saturated rings. The minimum Gasteiger partial charge on any atom is -0.438 e. The van der Waals surface area contributed by atoms with Gasteiger partial charge in [0.05, 0.1) is 5.69 Å². The molecule has 0 radical (unpaired) electrons. The fourth-order valence-electron chi connectivity index (χ4n) is 2.34. The highest BCUT2D eigenvalue weighted by molar-refractivity contribution is 7.10. The van der Waals surface area contributed by atoms with Crippen LogP contribution in [0.4, 0.5) is 14.9 Å². The van der Waals surface area contributed by atoms with E-state index in [-0.39, 0.29) is 5.69 Å². The number of hydrogen-bond donors (Lipinski definition) is 1. The summed E-state index contributed by atoms with van der Waals surface area (Å²) < 4.78 is 19.5. The number of nitrogens with zero attached hydrogens (tertiary/aromatic N) is 1. The zero-order valence-corrected chi connectivity index (χ0v) is 12.2. The summed E-state index contributed by atoms with van der Waals surface area (Å²) >= 11 is 1.30. The molecule has 1 aliphatic rings. The maximum atomic E-state index is 14.3. The van der Waals surface area contributed by atoms with Crippen LogP contribution in [0.3, 0.4) is 0 Å². The van der Waals surface area contributed by atoms with Crippen molar-refractivity contribution in [2.75, 3.05) is 5.32 Å². The lowest BCUT2D eigenvalue weighted by molar-refractivity contribution is 0.0416. The van der Waals surface area contributed by atoms with Gasteiger partial charge in [0.15, 0.2) is 0 Å². The van der Waals surface area contributed by atoms with Crippen molar-refractivity contribution in [1.29, 1.82) is 5.26 Å². The Kier molecular flexibility index (Phi) is 2.96. The second kappa shape index (κ2) is 4.57. The first-order valence-corrected chi connectivity index (χ1v) is 7.12. The second-order valence-electron chi connectivity index (χ2n) is 5.22. The number of amides is 1. The van der Waals surface area contributed by atoms with Crippen molar-refractivity contribution in [2.24, 2.45) is 0 Å². The Morgan fingerprint density at radius 1 is 1.33 bits per heavy atom. The topological polar surface area (TPSA) is 62.1 Å². The predicted molar refractivity (Wildman–Crippen MR) is 77.6 cm³/mol. The van der Waals surface area contributed by atoms with Crippen LogP contribution in [0.5, 0.6) is 0 Å². The van der Waals surface area contributed by atoms with Crippen molar-refractivity contribution >= 4 is 23.1 Å². The van der Waals surface area contributed by atoms with Crippen LogP contribution in [-0.2, 0) is 10.3 Å². The normalized spacial score (nSPS) is 15.6. The Labute approximate surface area is 124 Å². The number of cyclic esters (lactones) is 1. The van der Waals surface area contributed by atoms with E-state index < -0.39 is 17.5 Å². The molecule has 21 heavy (non-hydrogen) atoms. The highest BCUT2D eigenvalue weighted by Gasteiger charge is 2.35. The number of halogens is 1. The first-order valence-electron chi connectivity index (χ1n) is 6.24. The highest BCUT2D eigenvalue weighted by atomic mass is 32.1. The minimum absolute atomic E-state index is 0.149. The maximum absolute atomic E-state index is 14.3. The summed E-state index contributed by atoms with van der Waals surface area (Å²) in [6.45, 7) is 3.42. The molecule has 0 saturated carbocycles. The van der Waals surface area contributed by atoms with Crippen LogP contribution in [0, 0.1) is 17.1 Å². The van der Waals surface area contributed by atoms with Gasteiger partial charge >= 0.3 is 6.09 Å². The lowest BCUT2D eigenvalue weighted by Crippen LogP contribution is -2.35. The third-order valence-electron chi connectivity index (χ3n) is 3.36. The van der Waals surface area contributed by atoms with Crippen LogP contribution in [0.25, 0.3) is 11.1 Å². The number of nitriles is 1. The fraction of sp³-hybridized carbons (Fsp3) is 0.200. The molecule has 1 aromatic carbocycles. The van der Waals surface area contributed by atoms with E-state index in [1.165, 1.54) is 17.4 Å². The molecule has 0 unspecified atom stereocenters. The van der Waals surface area contributed by atoms with Gasteiger partial charge in [0, 0.05) is 5.56 Å². The van der Waals surface area contributed by atoms with Gasteiger partial charge in [-0.15, -0.1) is 11.3 Å². The van der Waals surface area contributed by atoms with Gasteiger partial charge in [-0.25, -0.2) is 9.18 Å². The molecule has 6 heteroatoms. The van der Waals surface area contributed by atoms with Gasteiger partial charge in [-0.3, -0.25) is 5.32 Å². The molecule has 1 aromatic heterocycles. The van der Waals surface area contributed by atoms with E-state index in [0.29, 0.717) is 16.0 Å². The van der Waals surface area contributed by atoms with Crippen molar-refractivity contribution < 1.29 is 13.9 Å². The molecular formula is C15H11FN2O2S. The summed E-state index contributed by atoms with van der Waals surface area (Å²) in [4.78, 5) is 12.0. The second-order valence-corrected chi connectivity index (χ2v) is 6.13. The summed E-state index contributed by atoms with van der Waals surface area (Å²) in [5.41, 5.74) is 1.23. The molecular weight excluding hydrogens is 291 g/mol. The molecule has 4 nitrogen and oxygen atoms in total. The monoisotopic (exact) mass is 302 g/mol. The molecule has 0 bridgehead atoms. The number of anilines is 1. The lowest BCUT2D eigenvalue weighted by Gasteiger charge is -2.33. The van der Waals surface area contributed by atoms with E-state index >= 15 is 0 Å². The third kappa shape index (κ3) is 2.26. The fourth-order valence-corrected chi connectivity index (χ4v) is 3.04. The van der Waals surface area contributed by atoms with Crippen molar-refractivity contribution in [1.82, 2.24) is 0 Å². The van der Waals surface area contributed by atoms with Gasteiger partial charge in [0.25, 0.3) is 0 Å². The Hall–Kier alpha value is -2.39. The molecule has 0 saturated heterocycles. The number of carbonyl (C=O) groups is 1. The van der Waals surface area contributed by atoms with Crippen molar-refractivity contribution in [2.45, 2.75) is 19.4 Å². The van der Waals surface area contributed by atoms with Crippen molar-refractivity contribution in [3.63, 3.8) is 0 Å². The SMILES string of the molecule is CC1(C)OC(=O)Nc2c(F)cc(-c3csc(C#N)c3)cc21. The molecule has 0 aliphatic carbocycles. The van der Waals surface area contributed by atoms with E-state index in [1.54, 1.807) is 31.4 Å². The van der Waals surface area contributed by atoms with Crippen LogP contribution in [-0.4, -0.2) is 6.09 Å². The van der Waals surface area contributed by atoms with Crippen molar-refractivity contribution in [3.8, 4) is 17.2 Å². The molecule has 2 aromatic rings. The molecule has 0 spiro atoms. The Bertz CT molecular complexity index is 789. The van der Waals surface area contributed by atoms with Gasteiger partial charge < -0.3 is 4.74 Å². The number of ether oxygens (including phenoxy) is 1. The largest absolute Gasteiger partial charge is 0.438 e. The lowest BCUT2D eigenvalue weighted by atomic mass is 9.91. The van der Waals surface area contributed by atoms with Gasteiger partial charge in [0.2, 0.25) is 0 Å². The quantitative estimate of drug-likeness (QED) is 0.857. The maximum Gasteiger partial charge on any atom is 0.412 e. The number of nitrogens with one attached hydrogen (secondary N) is 1. The van der Waals surface area contributed by atoms with Gasteiger partial charge in [-0.1, -0.05) is 0 Å². The van der Waals surface area contributed by atoms with Gasteiger partial charge in [0.1, 0.15) is 22.4 Å². The molecule has 1 aliphatic heterocycles. The number of fused-ring (bicyclic) bond motifs is 1. The van der Waals surface area contributed by atoms with E-state index in [2.05, 4.69) is 11.4 Å². The average molecular weight is 302 g/mol. The van der Waals surface area contributed by atoms with E-state index in [0.717, 1.165) is 5.56 Å². The summed E-state index contributed by atoms with van der Waals surface area (Å²) in [5, 5.41) is 13.1. The zero-order chi connectivity index (χ0) is 15.2. The smallest absolute Gasteiger partial charge is 0.412 e. The van der Waals surface area contributed by atoms with E-state index in [1.807, 2.05) is 0 Å². The minimum atomic E-state index is -0.914. The number of carbonyl (C=O) groups excluding carboxylic acids is 1. The Balaban J connectivity index is 2.17. The van der Waals surface area contributed by atoms with Crippen LogP contribution < -0.4 is 5.32 Å². The molecule has 0 atom stereocenters. The van der Waals surface area contributed by atoms with Gasteiger partial charge in [-0.05, 0) is 48.6 Å². The summed E-state index contributed by atoms with van der Waals surface area (Å²) in [6, 6.07) is 6.90. The first-order chi connectivity index (χ1) is 9.90. The zero-order valence-electron chi connectivity index (χ0n) is 11.4. The first kappa shape index (κ1) is 13.6. The Morgan fingerprint density at radius 3 is 2.76 bits per heavy atom. The molecule has 106 valence electrons. The molecule has 3 rings (SSSR count). The molecule has 2 heterocycles.